The van der Waals surface area contributed by atoms with E-state index in [1.54, 1.807) is 6.07 Å². The monoisotopic (exact) mass is 327 g/mol. The Morgan fingerprint density at radius 2 is 1.76 bits per heavy atom. The van der Waals surface area contributed by atoms with Crippen LogP contribution >= 0.6 is 23.2 Å². The molecule has 0 spiro atoms. The quantitative estimate of drug-likeness (QED) is 0.664. The number of para-hydroxylation sites is 1. The van der Waals surface area contributed by atoms with Gasteiger partial charge in [-0.05, 0) is 12.1 Å². The molecule has 108 valence electrons. The van der Waals surface area contributed by atoms with Crippen molar-refractivity contribution in [3.63, 3.8) is 0 Å². The summed E-state index contributed by atoms with van der Waals surface area (Å²) >= 11 is 11.8. The fraction of sp³-hybridized carbons (Fsp3) is 0. The van der Waals surface area contributed by atoms with Gasteiger partial charge in [0, 0.05) is 12.1 Å². The molecule has 1 N–H and O–H groups in total. The van der Waals surface area contributed by atoms with Crippen molar-refractivity contribution in [2.75, 3.05) is 0 Å². The van der Waals surface area contributed by atoms with Crippen molar-refractivity contribution in [1.29, 1.82) is 0 Å². The summed E-state index contributed by atoms with van der Waals surface area (Å²) in [6.07, 6.45) is 0. The Bertz CT molecular complexity index is 709. The Labute approximate surface area is 128 Å². The lowest BCUT2D eigenvalue weighted by Gasteiger charge is -2.11. The van der Waals surface area contributed by atoms with Gasteiger partial charge in [-0.2, -0.15) is 0 Å². The zero-order chi connectivity index (χ0) is 15.6. The van der Waals surface area contributed by atoms with Crippen LogP contribution in [0.15, 0.2) is 36.4 Å². The molecule has 8 heteroatoms. The number of nitro groups is 1. The number of carbonyl (C=O) groups is 1. The van der Waals surface area contributed by atoms with E-state index in [-0.39, 0.29) is 32.8 Å². The summed E-state index contributed by atoms with van der Waals surface area (Å²) in [7, 11) is 0. The number of benzene rings is 2. The number of ether oxygens (including phenoxy) is 1. The fourth-order valence-electron chi connectivity index (χ4n) is 1.59. The second kappa shape index (κ2) is 5.99. The lowest BCUT2D eigenvalue weighted by atomic mass is 10.2. The van der Waals surface area contributed by atoms with Crippen molar-refractivity contribution in [3.05, 3.63) is 62.1 Å². The van der Waals surface area contributed by atoms with Crippen LogP contribution in [-0.4, -0.2) is 16.0 Å². The number of carboxylic acid groups (broad SMARTS) is 1. The molecule has 21 heavy (non-hydrogen) atoms. The first-order chi connectivity index (χ1) is 9.90. The summed E-state index contributed by atoms with van der Waals surface area (Å²) in [6, 6.07) is 8.05. The number of halogens is 2. The average Bonchev–Trinajstić information content (AvgIpc) is 2.42. The predicted molar refractivity (Wildman–Crippen MR) is 76.6 cm³/mol. The maximum Gasteiger partial charge on any atom is 0.339 e. The van der Waals surface area contributed by atoms with E-state index in [0.29, 0.717) is 0 Å². The van der Waals surface area contributed by atoms with Crippen molar-refractivity contribution < 1.29 is 19.6 Å². The highest BCUT2D eigenvalue weighted by Crippen LogP contribution is 2.40. The van der Waals surface area contributed by atoms with Gasteiger partial charge in [0.2, 0.25) is 0 Å². The Morgan fingerprint density at radius 3 is 2.29 bits per heavy atom. The predicted octanol–water partition coefficient (Wildman–Crippen LogP) is 4.39. The lowest BCUT2D eigenvalue weighted by Crippen LogP contribution is -2.00. The van der Waals surface area contributed by atoms with Gasteiger partial charge in [0.05, 0.1) is 15.0 Å². The Kier molecular flexibility index (Phi) is 4.30. The maximum atomic E-state index is 11.1. The fourth-order valence-corrected chi connectivity index (χ4v) is 2.14. The van der Waals surface area contributed by atoms with Gasteiger partial charge in [0.15, 0.2) is 5.75 Å². The molecule has 0 heterocycles. The van der Waals surface area contributed by atoms with Crippen molar-refractivity contribution >= 4 is 34.9 Å². The molecule has 0 atom stereocenters. The topological polar surface area (TPSA) is 89.7 Å². The zero-order valence-electron chi connectivity index (χ0n) is 10.2. The minimum atomic E-state index is -1.18. The summed E-state index contributed by atoms with van der Waals surface area (Å²) in [4.78, 5) is 21.1. The molecule has 0 aliphatic rings. The first-order valence-corrected chi connectivity index (χ1v) is 6.29. The molecule has 0 saturated carbocycles. The number of carboxylic acids is 1. The average molecular weight is 328 g/mol. The Balaban J connectivity index is 2.46. The smallest absolute Gasteiger partial charge is 0.339 e. The van der Waals surface area contributed by atoms with Crippen molar-refractivity contribution in [2.45, 2.75) is 0 Å². The van der Waals surface area contributed by atoms with Gasteiger partial charge in [-0.25, -0.2) is 4.79 Å². The van der Waals surface area contributed by atoms with E-state index < -0.39 is 10.9 Å². The summed E-state index contributed by atoms with van der Waals surface area (Å²) in [5.74, 6) is -1.19. The van der Waals surface area contributed by atoms with Gasteiger partial charge in [0.1, 0.15) is 11.3 Å². The summed E-state index contributed by atoms with van der Waals surface area (Å²) < 4.78 is 5.40. The number of hydrogen-bond donors (Lipinski definition) is 1. The molecule has 0 radical (unpaired) electrons. The van der Waals surface area contributed by atoms with Crippen LogP contribution in [0.4, 0.5) is 5.69 Å². The number of hydrogen-bond acceptors (Lipinski definition) is 4. The summed E-state index contributed by atoms with van der Waals surface area (Å²) in [5.41, 5.74) is -0.369. The van der Waals surface area contributed by atoms with E-state index in [9.17, 15) is 14.9 Å². The molecule has 0 fully saturated rings. The van der Waals surface area contributed by atoms with E-state index in [1.165, 1.54) is 18.2 Å². The first-order valence-electron chi connectivity index (χ1n) is 5.53. The molecule has 0 bridgehead atoms. The van der Waals surface area contributed by atoms with Crippen LogP contribution < -0.4 is 4.74 Å². The third kappa shape index (κ3) is 3.24. The van der Waals surface area contributed by atoms with Crippen LogP contribution in [-0.2, 0) is 0 Å². The summed E-state index contributed by atoms with van der Waals surface area (Å²) in [6.45, 7) is 0. The van der Waals surface area contributed by atoms with Gasteiger partial charge >= 0.3 is 5.97 Å². The number of non-ortho nitro benzene ring substituents is 1. The molecule has 0 aromatic heterocycles. The maximum absolute atomic E-state index is 11.1. The van der Waals surface area contributed by atoms with Gasteiger partial charge < -0.3 is 9.84 Å². The number of nitro benzene ring substituents is 1. The van der Waals surface area contributed by atoms with Crippen LogP contribution in [0, 0.1) is 10.1 Å². The van der Waals surface area contributed by atoms with Crippen molar-refractivity contribution in [1.82, 2.24) is 0 Å². The van der Waals surface area contributed by atoms with Gasteiger partial charge in [0.25, 0.3) is 5.69 Å². The number of aromatic carboxylic acids is 1. The normalized spacial score (nSPS) is 10.2. The first kappa shape index (κ1) is 15.1. The third-order valence-electron chi connectivity index (χ3n) is 2.52. The van der Waals surface area contributed by atoms with Gasteiger partial charge in [-0.1, -0.05) is 35.3 Å². The molecule has 0 unspecified atom stereocenters. The second-order valence-electron chi connectivity index (χ2n) is 3.90. The lowest BCUT2D eigenvalue weighted by molar-refractivity contribution is -0.384. The molecule has 2 aromatic carbocycles. The van der Waals surface area contributed by atoms with Crippen molar-refractivity contribution in [2.24, 2.45) is 0 Å². The number of rotatable bonds is 4. The largest absolute Gasteiger partial charge is 0.478 e. The van der Waals surface area contributed by atoms with E-state index >= 15 is 0 Å². The van der Waals surface area contributed by atoms with Gasteiger partial charge in [-0.3, -0.25) is 10.1 Å². The SMILES string of the molecule is O=C(O)c1ccccc1Oc1c(Cl)cc([N+](=O)[O-])cc1Cl. The highest BCUT2D eigenvalue weighted by atomic mass is 35.5. The van der Waals surface area contributed by atoms with Crippen LogP contribution in [0.25, 0.3) is 0 Å². The third-order valence-corrected chi connectivity index (χ3v) is 3.08. The molecule has 6 nitrogen and oxygen atoms in total. The zero-order valence-corrected chi connectivity index (χ0v) is 11.8. The minimum Gasteiger partial charge on any atom is -0.478 e. The van der Waals surface area contributed by atoms with E-state index in [0.717, 1.165) is 12.1 Å². The summed E-state index contributed by atoms with van der Waals surface area (Å²) in [5, 5.41) is 19.6. The molecule has 0 saturated heterocycles. The minimum absolute atomic E-state index is 0.0302. The molecular weight excluding hydrogens is 321 g/mol. The van der Waals surface area contributed by atoms with Crippen LogP contribution in [0.1, 0.15) is 10.4 Å². The van der Waals surface area contributed by atoms with Crippen LogP contribution in [0.2, 0.25) is 10.0 Å². The standard InChI is InChI=1S/C13H7Cl2NO5/c14-9-5-7(16(19)20)6-10(15)12(9)21-11-4-2-1-3-8(11)13(17)18/h1-6H,(H,17,18). The van der Waals surface area contributed by atoms with E-state index in [1.807, 2.05) is 0 Å². The molecule has 0 aliphatic carbocycles. The highest BCUT2D eigenvalue weighted by Gasteiger charge is 2.18. The molecule has 0 amide bonds. The highest BCUT2D eigenvalue weighted by molar-refractivity contribution is 6.37. The molecule has 0 aliphatic heterocycles. The second-order valence-corrected chi connectivity index (χ2v) is 4.71. The van der Waals surface area contributed by atoms with Crippen LogP contribution in [0.3, 0.4) is 0 Å². The Hall–Kier alpha value is -2.31. The van der Waals surface area contributed by atoms with Crippen LogP contribution in [0.5, 0.6) is 11.5 Å². The van der Waals surface area contributed by atoms with Crippen molar-refractivity contribution in [3.8, 4) is 11.5 Å². The molecule has 2 aromatic rings. The van der Waals surface area contributed by atoms with Gasteiger partial charge in [-0.15, -0.1) is 0 Å². The Morgan fingerprint density at radius 1 is 1.19 bits per heavy atom. The molecular formula is C13H7Cl2NO5. The van der Waals surface area contributed by atoms with E-state index in [4.69, 9.17) is 33.0 Å². The van der Waals surface area contributed by atoms with E-state index in [2.05, 4.69) is 0 Å². The molecule has 2 rings (SSSR count). The number of nitrogens with zero attached hydrogens (tertiary/aromatic N) is 1.